The van der Waals surface area contributed by atoms with Gasteiger partial charge in [-0.15, -0.1) is 0 Å². The second-order valence-corrected chi connectivity index (χ2v) is 5.99. The molecule has 0 atom stereocenters. The number of furan rings is 1. The molecule has 2 N–H and O–H groups in total. The molecule has 27 heavy (non-hydrogen) atoms. The van der Waals surface area contributed by atoms with Crippen LogP contribution in [-0.4, -0.2) is 22.9 Å². The standard InChI is InChI=1S/C20H14N2O5/c1-26-18-10-12(22(24)25)9-15(20(18)23)19(21)11-6-7-14-13-4-2-3-5-16(13)27-17(14)8-11/h2-10,21,23H,1H3. The normalized spacial score (nSPS) is 11.0. The molecule has 0 saturated heterocycles. The number of benzene rings is 3. The summed E-state index contributed by atoms with van der Waals surface area (Å²) in [6.07, 6.45) is 0. The third-order valence-electron chi connectivity index (χ3n) is 4.43. The molecule has 0 spiro atoms. The fraction of sp³-hybridized carbons (Fsp3) is 0.0500. The number of nitro benzene ring substituents is 1. The molecule has 0 saturated carbocycles. The van der Waals surface area contributed by atoms with Gasteiger partial charge in [0.05, 0.1) is 29.4 Å². The monoisotopic (exact) mass is 362 g/mol. The van der Waals surface area contributed by atoms with Gasteiger partial charge in [-0.05, 0) is 18.2 Å². The van der Waals surface area contributed by atoms with Crippen LogP contribution in [0.5, 0.6) is 11.5 Å². The number of methoxy groups -OCH3 is 1. The molecule has 0 bridgehead atoms. The van der Waals surface area contributed by atoms with E-state index in [2.05, 4.69) is 0 Å². The van der Waals surface area contributed by atoms with Crippen molar-refractivity contribution < 1.29 is 19.2 Å². The Labute approximate surface area is 153 Å². The molecule has 0 unspecified atom stereocenters. The van der Waals surface area contributed by atoms with Crippen molar-refractivity contribution in [2.75, 3.05) is 7.11 Å². The van der Waals surface area contributed by atoms with E-state index in [1.165, 1.54) is 7.11 Å². The van der Waals surface area contributed by atoms with Crippen molar-refractivity contribution in [2.24, 2.45) is 0 Å². The Morgan fingerprint density at radius 3 is 2.59 bits per heavy atom. The summed E-state index contributed by atoms with van der Waals surface area (Å²) in [7, 11) is 1.30. The topological polar surface area (TPSA) is 110 Å². The first-order chi connectivity index (χ1) is 13.0. The summed E-state index contributed by atoms with van der Waals surface area (Å²) in [5.41, 5.74) is 1.45. The van der Waals surface area contributed by atoms with E-state index in [0.29, 0.717) is 11.1 Å². The van der Waals surface area contributed by atoms with Crippen LogP contribution in [0.3, 0.4) is 0 Å². The number of non-ortho nitro benzene ring substituents is 1. The average Bonchev–Trinajstić information content (AvgIpc) is 3.05. The Bertz CT molecular complexity index is 1230. The minimum Gasteiger partial charge on any atom is -0.504 e. The summed E-state index contributed by atoms with van der Waals surface area (Å²) in [5.74, 6) is -0.383. The van der Waals surface area contributed by atoms with Gasteiger partial charge < -0.3 is 14.3 Å². The van der Waals surface area contributed by atoms with E-state index >= 15 is 0 Å². The number of nitro groups is 1. The summed E-state index contributed by atoms with van der Waals surface area (Å²) < 4.78 is 10.8. The second kappa shape index (κ2) is 6.14. The van der Waals surface area contributed by atoms with Gasteiger partial charge in [0.2, 0.25) is 0 Å². The summed E-state index contributed by atoms with van der Waals surface area (Å²) in [5, 5.41) is 31.8. The summed E-state index contributed by atoms with van der Waals surface area (Å²) in [6, 6.07) is 15.1. The highest BCUT2D eigenvalue weighted by Gasteiger charge is 2.21. The molecule has 4 rings (SSSR count). The second-order valence-electron chi connectivity index (χ2n) is 5.99. The maximum atomic E-state index is 11.1. The number of para-hydroxylation sites is 1. The maximum Gasteiger partial charge on any atom is 0.274 e. The Kier molecular flexibility index (Phi) is 3.77. The van der Waals surface area contributed by atoms with Crippen molar-refractivity contribution in [2.45, 2.75) is 0 Å². The molecule has 1 aromatic heterocycles. The van der Waals surface area contributed by atoms with Crippen molar-refractivity contribution in [3.8, 4) is 11.5 Å². The SMILES string of the molecule is COc1cc([N+](=O)[O-])cc(C(=N)c2ccc3c(c2)oc2ccccc23)c1O. The first-order valence-electron chi connectivity index (χ1n) is 8.05. The Balaban J connectivity index is 1.86. The number of nitrogens with one attached hydrogen (secondary N) is 1. The summed E-state index contributed by atoms with van der Waals surface area (Å²) >= 11 is 0. The zero-order valence-corrected chi connectivity index (χ0v) is 14.2. The molecule has 7 heteroatoms. The largest absolute Gasteiger partial charge is 0.504 e. The Morgan fingerprint density at radius 2 is 1.85 bits per heavy atom. The number of phenols is 1. The van der Waals surface area contributed by atoms with Gasteiger partial charge in [0.1, 0.15) is 11.2 Å². The highest BCUT2D eigenvalue weighted by atomic mass is 16.6. The lowest BCUT2D eigenvalue weighted by atomic mass is 9.99. The van der Waals surface area contributed by atoms with Crippen LogP contribution in [0.2, 0.25) is 0 Å². The minimum atomic E-state index is -0.596. The van der Waals surface area contributed by atoms with E-state index in [1.807, 2.05) is 30.3 Å². The van der Waals surface area contributed by atoms with E-state index in [1.54, 1.807) is 12.1 Å². The summed E-state index contributed by atoms with van der Waals surface area (Å²) in [6.45, 7) is 0. The van der Waals surface area contributed by atoms with Crippen LogP contribution in [0.4, 0.5) is 5.69 Å². The van der Waals surface area contributed by atoms with Gasteiger partial charge in [0.15, 0.2) is 11.5 Å². The zero-order valence-electron chi connectivity index (χ0n) is 14.2. The Hall–Kier alpha value is -3.87. The number of ether oxygens (including phenoxy) is 1. The molecule has 0 aliphatic rings. The minimum absolute atomic E-state index is 0.0107. The molecule has 0 amide bonds. The van der Waals surface area contributed by atoms with Crippen LogP contribution in [0.25, 0.3) is 21.9 Å². The van der Waals surface area contributed by atoms with E-state index in [0.717, 1.165) is 28.5 Å². The number of phenolic OH excluding ortho intramolecular Hbond substituents is 1. The van der Waals surface area contributed by atoms with Gasteiger partial charge in [-0.1, -0.05) is 24.3 Å². The lowest BCUT2D eigenvalue weighted by Gasteiger charge is -2.10. The molecule has 0 radical (unpaired) electrons. The quantitative estimate of drug-likeness (QED) is 0.313. The Morgan fingerprint density at radius 1 is 1.11 bits per heavy atom. The lowest BCUT2D eigenvalue weighted by Crippen LogP contribution is -2.04. The van der Waals surface area contributed by atoms with E-state index in [4.69, 9.17) is 14.6 Å². The fourth-order valence-electron chi connectivity index (χ4n) is 3.08. The molecule has 7 nitrogen and oxygen atoms in total. The predicted molar refractivity (Wildman–Crippen MR) is 101 cm³/mol. The van der Waals surface area contributed by atoms with Gasteiger partial charge in [0, 0.05) is 22.4 Å². The number of aromatic hydroxyl groups is 1. The van der Waals surface area contributed by atoms with Gasteiger partial charge in [-0.2, -0.15) is 0 Å². The highest BCUT2D eigenvalue weighted by Crippen LogP contribution is 2.36. The first-order valence-corrected chi connectivity index (χ1v) is 8.05. The number of fused-ring (bicyclic) bond motifs is 3. The van der Waals surface area contributed by atoms with E-state index < -0.39 is 4.92 Å². The number of rotatable bonds is 4. The first kappa shape index (κ1) is 16.6. The van der Waals surface area contributed by atoms with Crippen LogP contribution < -0.4 is 4.74 Å². The third-order valence-corrected chi connectivity index (χ3v) is 4.43. The molecule has 1 heterocycles. The molecule has 0 aliphatic carbocycles. The van der Waals surface area contributed by atoms with Gasteiger partial charge >= 0.3 is 0 Å². The van der Waals surface area contributed by atoms with Gasteiger partial charge in [0.25, 0.3) is 5.69 Å². The molecular weight excluding hydrogens is 348 g/mol. The fourth-order valence-corrected chi connectivity index (χ4v) is 3.08. The molecule has 0 fully saturated rings. The van der Waals surface area contributed by atoms with Gasteiger partial charge in [-0.3, -0.25) is 15.5 Å². The summed E-state index contributed by atoms with van der Waals surface area (Å²) in [4.78, 5) is 10.6. The van der Waals surface area contributed by atoms with Crippen molar-refractivity contribution >= 4 is 33.3 Å². The molecule has 134 valence electrons. The van der Waals surface area contributed by atoms with Crippen molar-refractivity contribution in [3.05, 3.63) is 75.8 Å². The van der Waals surface area contributed by atoms with Crippen LogP contribution in [-0.2, 0) is 0 Å². The van der Waals surface area contributed by atoms with Crippen molar-refractivity contribution in [1.29, 1.82) is 5.41 Å². The van der Waals surface area contributed by atoms with Crippen LogP contribution >= 0.6 is 0 Å². The van der Waals surface area contributed by atoms with Crippen LogP contribution in [0, 0.1) is 15.5 Å². The van der Waals surface area contributed by atoms with Crippen molar-refractivity contribution in [1.82, 2.24) is 0 Å². The number of hydrogen-bond donors (Lipinski definition) is 2. The molecule has 0 aliphatic heterocycles. The zero-order chi connectivity index (χ0) is 19.1. The molecular formula is C20H14N2O5. The highest BCUT2D eigenvalue weighted by molar-refractivity contribution is 6.15. The predicted octanol–water partition coefficient (Wildman–Crippen LogP) is 4.62. The number of nitrogens with zero attached hydrogens (tertiary/aromatic N) is 1. The smallest absolute Gasteiger partial charge is 0.274 e. The van der Waals surface area contributed by atoms with Crippen LogP contribution in [0.15, 0.2) is 59.0 Å². The van der Waals surface area contributed by atoms with E-state index in [-0.39, 0.29) is 28.5 Å². The average molecular weight is 362 g/mol. The van der Waals surface area contributed by atoms with Crippen LogP contribution in [0.1, 0.15) is 11.1 Å². The molecule has 4 aromatic rings. The number of hydrogen-bond acceptors (Lipinski definition) is 6. The van der Waals surface area contributed by atoms with Gasteiger partial charge in [-0.25, -0.2) is 0 Å². The maximum absolute atomic E-state index is 11.1. The molecule has 3 aromatic carbocycles. The lowest BCUT2D eigenvalue weighted by molar-refractivity contribution is -0.385. The van der Waals surface area contributed by atoms with Crippen molar-refractivity contribution in [3.63, 3.8) is 0 Å². The van der Waals surface area contributed by atoms with E-state index in [9.17, 15) is 15.2 Å². The third kappa shape index (κ3) is 2.65.